The molecule has 5 aliphatic carbocycles. The van der Waals surface area contributed by atoms with Gasteiger partial charge in [-0.3, -0.25) is 0 Å². The van der Waals surface area contributed by atoms with Crippen molar-refractivity contribution < 1.29 is 10.2 Å². The van der Waals surface area contributed by atoms with Crippen molar-refractivity contribution in [3.63, 3.8) is 0 Å². The Labute approximate surface area is 178 Å². The standard InChI is InChI=1S/C27H44O2/c1-26-13-11-21(28)16-19(26)7-9-23-24-10-8-20(27(24,2)14-12-25(23)26)17-22(29)15-18-5-3-4-6-18/h7,18,20-25,28-29H,3-6,8-17H2,1-2H3/t20-,21+,22?,23?,24?,25?,26+,27?/m1/s1. The van der Waals surface area contributed by atoms with Gasteiger partial charge < -0.3 is 10.2 Å². The SMILES string of the molecule is CC12CCC3C(CC=C4C[C@@H](O)CC[C@@]43C)C1CC[C@@H]2CC(O)CC1CCCC1. The Hall–Kier alpha value is -0.340. The third-order valence-electron chi connectivity index (χ3n) is 10.9. The lowest BCUT2D eigenvalue weighted by Crippen LogP contribution is -2.50. The zero-order valence-electron chi connectivity index (χ0n) is 18.9. The van der Waals surface area contributed by atoms with Crippen LogP contribution in [0.2, 0.25) is 0 Å². The van der Waals surface area contributed by atoms with Gasteiger partial charge in [-0.1, -0.05) is 51.2 Å². The molecule has 5 unspecified atom stereocenters. The third-order valence-corrected chi connectivity index (χ3v) is 10.9. The average Bonchev–Trinajstić information content (AvgIpc) is 3.30. The zero-order valence-corrected chi connectivity index (χ0v) is 18.9. The van der Waals surface area contributed by atoms with Gasteiger partial charge in [-0.25, -0.2) is 0 Å². The molecule has 5 aliphatic rings. The minimum atomic E-state index is -0.100. The van der Waals surface area contributed by atoms with Crippen LogP contribution < -0.4 is 0 Å². The second-order valence-corrected chi connectivity index (χ2v) is 12.3. The highest BCUT2D eigenvalue weighted by atomic mass is 16.3. The lowest BCUT2D eigenvalue weighted by atomic mass is 9.47. The monoisotopic (exact) mass is 400 g/mol. The predicted molar refractivity (Wildman–Crippen MR) is 118 cm³/mol. The van der Waals surface area contributed by atoms with Crippen LogP contribution in [0.5, 0.6) is 0 Å². The summed E-state index contributed by atoms with van der Waals surface area (Å²) < 4.78 is 0. The van der Waals surface area contributed by atoms with Crippen LogP contribution in [-0.2, 0) is 0 Å². The van der Waals surface area contributed by atoms with Crippen molar-refractivity contribution >= 4 is 0 Å². The average molecular weight is 401 g/mol. The van der Waals surface area contributed by atoms with Crippen LogP contribution in [0, 0.1) is 40.4 Å². The summed E-state index contributed by atoms with van der Waals surface area (Å²) in [6.07, 6.45) is 19.8. The van der Waals surface area contributed by atoms with Gasteiger partial charge in [-0.05, 0) is 105 Å². The maximum absolute atomic E-state index is 10.9. The van der Waals surface area contributed by atoms with E-state index in [1.54, 1.807) is 5.57 Å². The molecular weight excluding hydrogens is 356 g/mol. The lowest BCUT2D eigenvalue weighted by Gasteiger charge is -2.58. The maximum Gasteiger partial charge on any atom is 0.0577 e. The summed E-state index contributed by atoms with van der Waals surface area (Å²) in [4.78, 5) is 0. The molecule has 0 aromatic carbocycles. The lowest BCUT2D eigenvalue weighted by molar-refractivity contribution is -0.0561. The van der Waals surface area contributed by atoms with E-state index in [2.05, 4.69) is 19.9 Å². The summed E-state index contributed by atoms with van der Waals surface area (Å²) in [5.41, 5.74) is 2.39. The highest BCUT2D eigenvalue weighted by molar-refractivity contribution is 5.25. The molecule has 0 heterocycles. The normalized spacial score (nSPS) is 48.6. The minimum Gasteiger partial charge on any atom is -0.393 e. The van der Waals surface area contributed by atoms with E-state index < -0.39 is 0 Å². The smallest absolute Gasteiger partial charge is 0.0577 e. The molecule has 29 heavy (non-hydrogen) atoms. The van der Waals surface area contributed by atoms with E-state index in [1.807, 2.05) is 0 Å². The molecule has 4 saturated carbocycles. The van der Waals surface area contributed by atoms with Crippen LogP contribution in [0.25, 0.3) is 0 Å². The van der Waals surface area contributed by atoms with E-state index in [0.29, 0.717) is 10.8 Å². The van der Waals surface area contributed by atoms with Crippen LogP contribution in [0.3, 0.4) is 0 Å². The number of rotatable bonds is 4. The molecule has 0 radical (unpaired) electrons. The van der Waals surface area contributed by atoms with E-state index >= 15 is 0 Å². The predicted octanol–water partition coefficient (Wildman–Crippen LogP) is 6.26. The molecule has 5 rings (SSSR count). The Bertz CT molecular complexity index is 634. The second kappa shape index (κ2) is 7.66. The first-order valence-electron chi connectivity index (χ1n) is 13.0. The molecule has 8 atom stereocenters. The van der Waals surface area contributed by atoms with Gasteiger partial charge in [-0.15, -0.1) is 0 Å². The first-order valence-corrected chi connectivity index (χ1v) is 13.0. The van der Waals surface area contributed by atoms with Crippen LogP contribution in [0.15, 0.2) is 11.6 Å². The molecule has 0 bridgehead atoms. The molecule has 0 saturated heterocycles. The number of aliphatic hydroxyl groups is 2. The summed E-state index contributed by atoms with van der Waals surface area (Å²) in [5.74, 6) is 4.06. The number of aliphatic hydroxyl groups excluding tert-OH is 2. The Balaban J connectivity index is 1.29. The van der Waals surface area contributed by atoms with Crippen molar-refractivity contribution in [3.8, 4) is 0 Å². The van der Waals surface area contributed by atoms with Crippen molar-refractivity contribution in [3.05, 3.63) is 11.6 Å². The summed E-state index contributed by atoms with van der Waals surface area (Å²) in [5, 5.41) is 21.1. The van der Waals surface area contributed by atoms with E-state index in [-0.39, 0.29) is 12.2 Å². The molecule has 164 valence electrons. The fraction of sp³-hybridized carbons (Fsp3) is 0.926. The van der Waals surface area contributed by atoms with Gasteiger partial charge >= 0.3 is 0 Å². The van der Waals surface area contributed by atoms with Gasteiger partial charge in [0, 0.05) is 0 Å². The van der Waals surface area contributed by atoms with Gasteiger partial charge in [-0.2, -0.15) is 0 Å². The topological polar surface area (TPSA) is 40.5 Å². The van der Waals surface area contributed by atoms with Crippen molar-refractivity contribution in [2.24, 2.45) is 40.4 Å². The molecule has 2 N–H and O–H groups in total. The maximum atomic E-state index is 10.9. The summed E-state index contributed by atoms with van der Waals surface area (Å²) in [6.45, 7) is 5.13. The molecular formula is C27H44O2. The van der Waals surface area contributed by atoms with Gasteiger partial charge in [0.1, 0.15) is 0 Å². The number of hydrogen-bond donors (Lipinski definition) is 2. The Morgan fingerprint density at radius 1 is 0.966 bits per heavy atom. The van der Waals surface area contributed by atoms with Crippen LogP contribution >= 0.6 is 0 Å². The zero-order chi connectivity index (χ0) is 20.2. The van der Waals surface area contributed by atoms with Gasteiger partial charge in [0.2, 0.25) is 0 Å². The fourth-order valence-corrected chi connectivity index (χ4v) is 9.19. The van der Waals surface area contributed by atoms with Crippen LogP contribution in [0.4, 0.5) is 0 Å². The second-order valence-electron chi connectivity index (χ2n) is 12.3. The molecule has 4 fully saturated rings. The number of allylic oxidation sites excluding steroid dienone is 1. The summed E-state index contributed by atoms with van der Waals surface area (Å²) in [7, 11) is 0. The highest BCUT2D eigenvalue weighted by Crippen LogP contribution is 2.66. The Morgan fingerprint density at radius 3 is 2.55 bits per heavy atom. The van der Waals surface area contributed by atoms with Crippen LogP contribution in [-0.4, -0.2) is 22.4 Å². The molecule has 0 aliphatic heterocycles. The Kier molecular flexibility index (Phi) is 5.43. The summed E-state index contributed by atoms with van der Waals surface area (Å²) in [6, 6.07) is 0. The molecule has 0 spiro atoms. The quantitative estimate of drug-likeness (QED) is 0.547. The van der Waals surface area contributed by atoms with E-state index in [9.17, 15) is 10.2 Å². The highest BCUT2D eigenvalue weighted by Gasteiger charge is 2.58. The number of fused-ring (bicyclic) bond motifs is 5. The first kappa shape index (κ1) is 20.6. The van der Waals surface area contributed by atoms with Crippen molar-refractivity contribution in [2.45, 2.75) is 116 Å². The van der Waals surface area contributed by atoms with Crippen molar-refractivity contribution in [1.29, 1.82) is 0 Å². The van der Waals surface area contributed by atoms with Gasteiger partial charge in [0.05, 0.1) is 12.2 Å². The van der Waals surface area contributed by atoms with Crippen LogP contribution in [0.1, 0.15) is 104 Å². The van der Waals surface area contributed by atoms with Gasteiger partial charge in [0.15, 0.2) is 0 Å². The molecule has 0 aromatic rings. The molecule has 0 amide bonds. The number of hydrogen-bond acceptors (Lipinski definition) is 2. The van der Waals surface area contributed by atoms with Crippen molar-refractivity contribution in [1.82, 2.24) is 0 Å². The molecule has 0 aromatic heterocycles. The minimum absolute atomic E-state index is 0.0633. The third kappa shape index (κ3) is 3.45. The van der Waals surface area contributed by atoms with Gasteiger partial charge in [0.25, 0.3) is 0 Å². The van der Waals surface area contributed by atoms with E-state index in [1.165, 1.54) is 64.2 Å². The first-order chi connectivity index (χ1) is 13.9. The van der Waals surface area contributed by atoms with Crippen molar-refractivity contribution in [2.75, 3.05) is 0 Å². The largest absolute Gasteiger partial charge is 0.393 e. The van der Waals surface area contributed by atoms with E-state index in [0.717, 1.165) is 55.3 Å². The Morgan fingerprint density at radius 2 is 1.76 bits per heavy atom. The van der Waals surface area contributed by atoms with E-state index in [4.69, 9.17) is 0 Å². The molecule has 2 heteroatoms. The summed E-state index contributed by atoms with van der Waals surface area (Å²) >= 11 is 0. The fourth-order valence-electron chi connectivity index (χ4n) is 9.19. The molecule has 2 nitrogen and oxygen atoms in total.